The Hall–Kier alpha value is -0.960. The van der Waals surface area contributed by atoms with E-state index < -0.39 is 0 Å². The summed E-state index contributed by atoms with van der Waals surface area (Å²) in [5.41, 5.74) is 1.22. The van der Waals surface area contributed by atoms with E-state index in [-0.39, 0.29) is 5.91 Å². The van der Waals surface area contributed by atoms with Crippen LogP contribution in [0.3, 0.4) is 0 Å². The third kappa shape index (κ3) is 5.65. The van der Waals surface area contributed by atoms with Gasteiger partial charge in [-0.3, -0.25) is 9.52 Å². The summed E-state index contributed by atoms with van der Waals surface area (Å²) in [6, 6.07) is 8.00. The maximum absolute atomic E-state index is 10.6. The average Bonchev–Trinajstić information content (AvgIpc) is 2.20. The Labute approximate surface area is 90.2 Å². The number of nitrogens with one attached hydrogen (secondary N) is 1. The lowest BCUT2D eigenvalue weighted by Gasteiger charge is -2.00. The minimum Gasteiger partial charge on any atom is -0.296 e. The summed E-state index contributed by atoms with van der Waals surface area (Å²) in [5, 5.41) is 0. The van der Waals surface area contributed by atoms with Gasteiger partial charge in [-0.1, -0.05) is 31.5 Å². The third-order valence-corrected chi connectivity index (χ3v) is 2.23. The van der Waals surface area contributed by atoms with E-state index >= 15 is 0 Å². The molecule has 14 heavy (non-hydrogen) atoms. The number of aryl methyl sites for hydroxylation is 1. The molecular weight excluding hydrogens is 194 g/mol. The summed E-state index contributed by atoms with van der Waals surface area (Å²) in [5.74, 6) is -0.0272. The molecule has 0 aliphatic carbocycles. The van der Waals surface area contributed by atoms with E-state index in [2.05, 4.69) is 4.72 Å². The fourth-order valence-electron chi connectivity index (χ4n) is 0.737. The van der Waals surface area contributed by atoms with Crippen LogP contribution >= 0.6 is 11.9 Å². The summed E-state index contributed by atoms with van der Waals surface area (Å²) in [7, 11) is 0. The lowest BCUT2D eigenvalue weighted by Crippen LogP contribution is -2.09. The lowest BCUT2D eigenvalue weighted by atomic mass is 10.2. The lowest BCUT2D eigenvalue weighted by molar-refractivity contribution is -0.117. The topological polar surface area (TPSA) is 29.1 Å². The highest BCUT2D eigenvalue weighted by atomic mass is 32.2. The maximum Gasteiger partial charge on any atom is 0.226 e. The molecule has 0 saturated carbocycles. The monoisotopic (exact) mass is 211 g/mol. The molecule has 0 bridgehead atoms. The molecule has 0 fully saturated rings. The molecule has 0 atom stereocenters. The van der Waals surface area contributed by atoms with E-state index in [1.165, 1.54) is 24.4 Å². The number of rotatable bonds is 2. The first-order valence-electron chi connectivity index (χ1n) is 4.68. The molecule has 0 saturated heterocycles. The van der Waals surface area contributed by atoms with Crippen LogP contribution < -0.4 is 4.72 Å². The summed E-state index contributed by atoms with van der Waals surface area (Å²) < 4.78 is 2.66. The van der Waals surface area contributed by atoms with Crippen LogP contribution in [0.1, 0.15) is 26.3 Å². The summed E-state index contributed by atoms with van der Waals surface area (Å²) in [6.45, 7) is 7.54. The van der Waals surface area contributed by atoms with Crippen LogP contribution in [0.4, 0.5) is 0 Å². The minimum atomic E-state index is -0.0272. The zero-order valence-electron chi connectivity index (χ0n) is 9.13. The molecule has 0 spiro atoms. The Morgan fingerprint density at radius 1 is 1.21 bits per heavy atom. The molecule has 1 N–H and O–H groups in total. The van der Waals surface area contributed by atoms with Crippen molar-refractivity contribution in [3.63, 3.8) is 0 Å². The van der Waals surface area contributed by atoms with E-state index in [4.69, 9.17) is 0 Å². The van der Waals surface area contributed by atoms with Gasteiger partial charge in [0.25, 0.3) is 0 Å². The van der Waals surface area contributed by atoms with Crippen LogP contribution in [0.2, 0.25) is 0 Å². The molecule has 2 nitrogen and oxygen atoms in total. The van der Waals surface area contributed by atoms with E-state index in [9.17, 15) is 4.79 Å². The minimum absolute atomic E-state index is 0.0272. The molecule has 0 radical (unpaired) electrons. The van der Waals surface area contributed by atoms with Gasteiger partial charge >= 0.3 is 0 Å². The Morgan fingerprint density at radius 2 is 1.71 bits per heavy atom. The zero-order chi connectivity index (χ0) is 11.0. The highest BCUT2D eigenvalue weighted by Crippen LogP contribution is 2.14. The van der Waals surface area contributed by atoms with E-state index in [0.29, 0.717) is 0 Å². The third-order valence-electron chi connectivity index (χ3n) is 1.33. The standard InChI is InChI=1S/C9H11NOS.C2H6/c1-7-3-5-9(6-4-7)12-10-8(2)11;1-2/h3-6H,1-2H3,(H,10,11);1-2H3. The molecule has 1 aromatic carbocycles. The van der Waals surface area contributed by atoms with Gasteiger partial charge in [0.1, 0.15) is 0 Å². The highest BCUT2D eigenvalue weighted by molar-refractivity contribution is 7.98. The molecule has 1 rings (SSSR count). The summed E-state index contributed by atoms with van der Waals surface area (Å²) in [6.07, 6.45) is 0. The Morgan fingerprint density at radius 3 is 2.14 bits per heavy atom. The van der Waals surface area contributed by atoms with Crippen molar-refractivity contribution in [2.24, 2.45) is 0 Å². The van der Waals surface area contributed by atoms with Crippen molar-refractivity contribution in [3.8, 4) is 0 Å². The maximum atomic E-state index is 10.6. The molecule has 3 heteroatoms. The van der Waals surface area contributed by atoms with Crippen molar-refractivity contribution in [2.45, 2.75) is 32.6 Å². The van der Waals surface area contributed by atoms with Crippen molar-refractivity contribution in [2.75, 3.05) is 0 Å². The molecule has 1 aromatic rings. The van der Waals surface area contributed by atoms with Gasteiger partial charge in [-0.2, -0.15) is 0 Å². The van der Waals surface area contributed by atoms with Gasteiger partial charge in [0.05, 0.1) is 0 Å². The van der Waals surface area contributed by atoms with Gasteiger partial charge < -0.3 is 0 Å². The van der Waals surface area contributed by atoms with Crippen LogP contribution in [-0.4, -0.2) is 5.91 Å². The summed E-state index contributed by atoms with van der Waals surface area (Å²) >= 11 is 1.34. The quantitative estimate of drug-likeness (QED) is 0.761. The molecule has 0 heterocycles. The Balaban J connectivity index is 0.000000791. The van der Waals surface area contributed by atoms with Crippen LogP contribution in [-0.2, 0) is 4.79 Å². The fourth-order valence-corrected chi connectivity index (χ4v) is 1.27. The predicted molar refractivity (Wildman–Crippen MR) is 62.2 cm³/mol. The SMILES string of the molecule is CC.CC(=O)NSc1ccc(C)cc1. The molecule has 0 unspecified atom stereocenters. The van der Waals surface area contributed by atoms with Crippen LogP contribution in [0, 0.1) is 6.92 Å². The van der Waals surface area contributed by atoms with Crippen LogP contribution in [0.5, 0.6) is 0 Å². The van der Waals surface area contributed by atoms with E-state index in [1.54, 1.807) is 0 Å². The number of carbonyl (C=O) groups excluding carboxylic acids is 1. The Bertz CT molecular complexity index is 269. The number of amides is 1. The second-order valence-corrected chi connectivity index (χ2v) is 3.45. The van der Waals surface area contributed by atoms with Gasteiger partial charge in [0, 0.05) is 11.8 Å². The number of benzene rings is 1. The molecule has 78 valence electrons. The van der Waals surface area contributed by atoms with Crippen LogP contribution in [0.15, 0.2) is 29.2 Å². The number of carbonyl (C=O) groups is 1. The van der Waals surface area contributed by atoms with Gasteiger partial charge in [-0.15, -0.1) is 0 Å². The van der Waals surface area contributed by atoms with Gasteiger partial charge in [-0.05, 0) is 31.0 Å². The molecule has 1 amide bonds. The largest absolute Gasteiger partial charge is 0.296 e. The van der Waals surface area contributed by atoms with Gasteiger partial charge in [0.15, 0.2) is 0 Å². The highest BCUT2D eigenvalue weighted by Gasteiger charge is 1.94. The van der Waals surface area contributed by atoms with Gasteiger partial charge in [0.2, 0.25) is 5.91 Å². The fraction of sp³-hybridized carbons (Fsp3) is 0.364. The van der Waals surface area contributed by atoms with Crippen molar-refractivity contribution in [1.29, 1.82) is 0 Å². The molecule has 0 aliphatic rings. The number of hydrogen-bond acceptors (Lipinski definition) is 2. The van der Waals surface area contributed by atoms with Crippen molar-refractivity contribution >= 4 is 17.9 Å². The smallest absolute Gasteiger partial charge is 0.226 e. The first-order valence-corrected chi connectivity index (χ1v) is 5.50. The molecule has 0 aliphatic heterocycles. The zero-order valence-corrected chi connectivity index (χ0v) is 9.94. The van der Waals surface area contributed by atoms with E-state index in [0.717, 1.165) is 4.90 Å². The molecule has 0 aromatic heterocycles. The molecular formula is C11H17NOS. The second-order valence-electron chi connectivity index (χ2n) is 2.57. The van der Waals surface area contributed by atoms with Crippen molar-refractivity contribution in [1.82, 2.24) is 4.72 Å². The normalized spacial score (nSPS) is 8.57. The van der Waals surface area contributed by atoms with Crippen LogP contribution in [0.25, 0.3) is 0 Å². The first kappa shape index (κ1) is 13.0. The Kier molecular flexibility index (Phi) is 6.93. The van der Waals surface area contributed by atoms with Crippen molar-refractivity contribution < 1.29 is 4.79 Å². The predicted octanol–water partition coefficient (Wildman–Crippen LogP) is 3.16. The number of hydrogen-bond donors (Lipinski definition) is 1. The van der Waals surface area contributed by atoms with E-state index in [1.807, 2.05) is 45.0 Å². The van der Waals surface area contributed by atoms with Gasteiger partial charge in [-0.25, -0.2) is 0 Å². The van der Waals surface area contributed by atoms with Crippen molar-refractivity contribution in [3.05, 3.63) is 29.8 Å². The first-order chi connectivity index (χ1) is 6.68. The summed E-state index contributed by atoms with van der Waals surface area (Å²) in [4.78, 5) is 11.6. The second kappa shape index (κ2) is 7.44. The average molecular weight is 211 g/mol.